The van der Waals surface area contributed by atoms with E-state index < -0.39 is 26.6 Å². The molecule has 0 unspecified atom stereocenters. The molecule has 0 aliphatic rings. The summed E-state index contributed by atoms with van der Waals surface area (Å²) in [5.74, 6) is -0.800. The fourth-order valence-electron chi connectivity index (χ4n) is 2.82. The van der Waals surface area contributed by atoms with Crippen LogP contribution >= 0.6 is 23.2 Å². The van der Waals surface area contributed by atoms with Crippen LogP contribution in [0.3, 0.4) is 0 Å². The van der Waals surface area contributed by atoms with Crippen LogP contribution in [0.4, 0.5) is 17.1 Å². The van der Waals surface area contributed by atoms with Gasteiger partial charge in [0.05, 0.1) is 21.0 Å². The third-order valence-electron chi connectivity index (χ3n) is 4.28. The van der Waals surface area contributed by atoms with Gasteiger partial charge >= 0.3 is 0 Å². The molecule has 3 rings (SSSR count). The molecule has 0 atom stereocenters. The monoisotopic (exact) mass is 463 g/mol. The molecule has 1 N–H and O–H groups in total. The van der Waals surface area contributed by atoms with Crippen molar-refractivity contribution in [2.24, 2.45) is 0 Å². The topological polar surface area (TPSA) is 155 Å². The van der Waals surface area contributed by atoms with Gasteiger partial charge < -0.3 is 10.5 Å². The minimum Gasteiger partial charge on any atom is -0.594 e. The molecule has 31 heavy (non-hydrogen) atoms. The molecule has 0 radical (unpaired) electrons. The Hall–Kier alpha value is -3.83. The highest BCUT2D eigenvalue weighted by molar-refractivity contribution is 6.34. The summed E-state index contributed by atoms with van der Waals surface area (Å²) in [5.41, 5.74) is -0.293. The molecule has 0 aliphatic heterocycles. The standard InChI is InChI=1S/C18H11Cl2N5O6/c1-9-15(10-2-5-12(6-3-10)24(28)29)16(17(20)22-23(9)27)18(26)21-11-4-7-13(19)14(8-11)25(30)31/h2-8H,1H3,(H,21,26). The van der Waals surface area contributed by atoms with Gasteiger partial charge in [0, 0.05) is 35.9 Å². The Morgan fingerprint density at radius 3 is 2.29 bits per heavy atom. The van der Waals surface area contributed by atoms with Gasteiger partial charge in [0.1, 0.15) is 5.02 Å². The van der Waals surface area contributed by atoms with Crippen molar-refractivity contribution < 1.29 is 19.5 Å². The van der Waals surface area contributed by atoms with Crippen LogP contribution in [-0.2, 0) is 0 Å². The molecule has 158 valence electrons. The van der Waals surface area contributed by atoms with E-state index in [0.29, 0.717) is 5.56 Å². The Balaban J connectivity index is 2.10. The molecule has 0 bridgehead atoms. The van der Waals surface area contributed by atoms with E-state index in [-0.39, 0.29) is 38.1 Å². The van der Waals surface area contributed by atoms with Crippen LogP contribution in [0.5, 0.6) is 0 Å². The summed E-state index contributed by atoms with van der Waals surface area (Å²) < 4.78 is 0. The third-order valence-corrected chi connectivity index (χ3v) is 4.86. The number of hydrogen-bond acceptors (Lipinski definition) is 7. The number of nitro groups is 2. The zero-order valence-corrected chi connectivity index (χ0v) is 17.0. The number of hydrogen-bond donors (Lipinski definition) is 1. The SMILES string of the molecule is Cc1c(-c2ccc([N+](=O)[O-])cc2)c(C(=O)Nc2ccc(Cl)c([N+](=O)[O-])c2)c(Cl)n[n+]1[O-]. The fraction of sp³-hybridized carbons (Fsp3) is 0.0556. The van der Waals surface area contributed by atoms with Gasteiger partial charge in [-0.05, 0) is 29.8 Å². The number of benzene rings is 2. The minimum absolute atomic E-state index is 0.0190. The van der Waals surface area contributed by atoms with E-state index in [1.165, 1.54) is 43.3 Å². The number of aromatic nitrogens is 2. The Morgan fingerprint density at radius 1 is 1.06 bits per heavy atom. The van der Waals surface area contributed by atoms with Gasteiger partial charge in [0.2, 0.25) is 10.8 Å². The maximum absolute atomic E-state index is 13.0. The van der Waals surface area contributed by atoms with Gasteiger partial charge in [-0.3, -0.25) is 25.0 Å². The lowest BCUT2D eigenvalue weighted by Gasteiger charge is -2.13. The zero-order valence-electron chi connectivity index (χ0n) is 15.5. The van der Waals surface area contributed by atoms with Gasteiger partial charge in [0.25, 0.3) is 17.3 Å². The number of non-ortho nitro benzene ring substituents is 1. The lowest BCUT2D eigenvalue weighted by atomic mass is 9.99. The molecule has 3 aromatic rings. The van der Waals surface area contributed by atoms with Gasteiger partial charge in [-0.15, -0.1) is 0 Å². The smallest absolute Gasteiger partial charge is 0.289 e. The summed E-state index contributed by atoms with van der Waals surface area (Å²) in [6, 6.07) is 8.81. The molecule has 11 nitrogen and oxygen atoms in total. The second-order valence-electron chi connectivity index (χ2n) is 6.18. The second-order valence-corrected chi connectivity index (χ2v) is 6.95. The second kappa shape index (κ2) is 8.50. The first-order valence-electron chi connectivity index (χ1n) is 8.40. The van der Waals surface area contributed by atoms with E-state index in [9.17, 15) is 30.2 Å². The van der Waals surface area contributed by atoms with E-state index in [2.05, 4.69) is 10.4 Å². The number of nitrogens with one attached hydrogen (secondary N) is 1. The number of carbonyl (C=O) groups excluding carboxylic acids is 1. The number of amides is 1. The highest BCUT2D eigenvalue weighted by Gasteiger charge is 2.27. The number of halogens is 2. The van der Waals surface area contributed by atoms with Gasteiger partial charge in [-0.2, -0.15) is 0 Å². The van der Waals surface area contributed by atoms with E-state index in [4.69, 9.17) is 23.2 Å². The Bertz CT molecular complexity index is 1230. The average Bonchev–Trinajstić information content (AvgIpc) is 2.71. The molecule has 0 aliphatic carbocycles. The van der Waals surface area contributed by atoms with Crippen molar-refractivity contribution in [2.45, 2.75) is 6.92 Å². The Kier molecular flexibility index (Phi) is 5.99. The van der Waals surface area contributed by atoms with Crippen molar-refractivity contribution in [2.75, 3.05) is 5.32 Å². The quantitative estimate of drug-likeness (QED) is 0.258. The Morgan fingerprint density at radius 2 is 1.71 bits per heavy atom. The molecular formula is C18H11Cl2N5O6. The fourth-order valence-corrected chi connectivity index (χ4v) is 3.25. The number of rotatable bonds is 5. The van der Waals surface area contributed by atoms with Crippen molar-refractivity contribution in [3.05, 3.63) is 89.3 Å². The molecule has 1 amide bonds. The maximum atomic E-state index is 13.0. The lowest BCUT2D eigenvalue weighted by Crippen LogP contribution is -2.37. The van der Waals surface area contributed by atoms with Gasteiger partial charge in [0.15, 0.2) is 0 Å². The van der Waals surface area contributed by atoms with Crippen molar-refractivity contribution in [1.29, 1.82) is 0 Å². The van der Waals surface area contributed by atoms with E-state index in [1.54, 1.807) is 0 Å². The molecule has 2 aromatic carbocycles. The molecule has 13 heteroatoms. The van der Waals surface area contributed by atoms with E-state index in [0.717, 1.165) is 6.07 Å². The first-order chi connectivity index (χ1) is 14.6. The van der Waals surface area contributed by atoms with Crippen LogP contribution in [0.2, 0.25) is 10.2 Å². The van der Waals surface area contributed by atoms with Gasteiger partial charge in [-0.1, -0.05) is 28.0 Å². The summed E-state index contributed by atoms with van der Waals surface area (Å²) >= 11 is 11.9. The van der Waals surface area contributed by atoms with Crippen LogP contribution in [-0.4, -0.2) is 20.9 Å². The predicted octanol–water partition coefficient (Wildman–Crippen LogP) is 4.07. The summed E-state index contributed by atoms with van der Waals surface area (Å²) in [6.45, 7) is 1.40. The van der Waals surface area contributed by atoms with E-state index >= 15 is 0 Å². The number of carbonyl (C=O) groups is 1. The van der Waals surface area contributed by atoms with Crippen molar-refractivity contribution in [1.82, 2.24) is 5.10 Å². The molecule has 0 spiro atoms. The lowest BCUT2D eigenvalue weighted by molar-refractivity contribution is -0.674. The average molecular weight is 464 g/mol. The highest BCUT2D eigenvalue weighted by atomic mass is 35.5. The van der Waals surface area contributed by atoms with Crippen LogP contribution in [0.15, 0.2) is 42.5 Å². The van der Waals surface area contributed by atoms with Crippen molar-refractivity contribution in [3.8, 4) is 11.1 Å². The minimum atomic E-state index is -0.800. The van der Waals surface area contributed by atoms with Crippen LogP contribution in [0.25, 0.3) is 11.1 Å². The summed E-state index contributed by atoms with van der Waals surface area (Å²) in [7, 11) is 0. The summed E-state index contributed by atoms with van der Waals surface area (Å²) in [4.78, 5) is 33.9. The molecule has 1 heterocycles. The summed E-state index contributed by atoms with van der Waals surface area (Å²) in [6.07, 6.45) is 0. The van der Waals surface area contributed by atoms with Crippen molar-refractivity contribution in [3.63, 3.8) is 0 Å². The van der Waals surface area contributed by atoms with Crippen LogP contribution in [0.1, 0.15) is 16.1 Å². The Labute approximate surface area is 183 Å². The number of nitrogens with zero attached hydrogens (tertiary/aromatic N) is 4. The number of anilines is 1. The molecular weight excluding hydrogens is 453 g/mol. The van der Waals surface area contributed by atoms with Crippen LogP contribution < -0.4 is 10.2 Å². The zero-order chi connectivity index (χ0) is 22.9. The molecule has 1 aromatic heterocycles. The highest BCUT2D eigenvalue weighted by Crippen LogP contribution is 2.32. The van der Waals surface area contributed by atoms with Crippen molar-refractivity contribution >= 4 is 46.2 Å². The number of nitro benzene ring substituents is 2. The molecule has 0 fully saturated rings. The maximum Gasteiger partial charge on any atom is 0.289 e. The van der Waals surface area contributed by atoms with Gasteiger partial charge in [-0.25, -0.2) is 0 Å². The third kappa shape index (κ3) is 4.37. The largest absolute Gasteiger partial charge is 0.594 e. The predicted molar refractivity (Wildman–Crippen MR) is 111 cm³/mol. The van der Waals surface area contributed by atoms with E-state index in [1.807, 2.05) is 0 Å². The first kappa shape index (κ1) is 21.9. The normalized spacial score (nSPS) is 10.5. The first-order valence-corrected chi connectivity index (χ1v) is 9.15. The summed E-state index contributed by atoms with van der Waals surface area (Å²) in [5, 5.41) is 39.5. The molecule has 0 saturated carbocycles. The molecule has 0 saturated heterocycles. The van der Waals surface area contributed by atoms with Crippen LogP contribution in [0, 0.1) is 32.4 Å².